The SMILES string of the molecule is O=C(CCCOc1ccc(Br)cc1)NC1CCSC1=O. The molecule has 2 rings (SSSR count). The Morgan fingerprint density at radius 1 is 1.40 bits per heavy atom. The molecule has 1 aromatic carbocycles. The molecule has 0 spiro atoms. The van der Waals surface area contributed by atoms with E-state index in [4.69, 9.17) is 4.74 Å². The zero-order chi connectivity index (χ0) is 14.4. The third-order valence-electron chi connectivity index (χ3n) is 2.90. The zero-order valence-corrected chi connectivity index (χ0v) is 13.3. The third-order valence-corrected chi connectivity index (χ3v) is 4.44. The van der Waals surface area contributed by atoms with Crippen LogP contribution >= 0.6 is 27.7 Å². The first kappa shape index (κ1) is 15.4. The van der Waals surface area contributed by atoms with Crippen molar-refractivity contribution in [1.29, 1.82) is 0 Å². The summed E-state index contributed by atoms with van der Waals surface area (Å²) in [7, 11) is 0. The summed E-state index contributed by atoms with van der Waals surface area (Å²) in [4.78, 5) is 23.0. The molecule has 0 radical (unpaired) electrons. The van der Waals surface area contributed by atoms with Crippen LogP contribution in [0.25, 0.3) is 0 Å². The molecular weight excluding hydrogens is 342 g/mol. The maximum Gasteiger partial charge on any atom is 0.220 e. The lowest BCUT2D eigenvalue weighted by molar-refractivity contribution is -0.124. The van der Waals surface area contributed by atoms with E-state index in [2.05, 4.69) is 21.2 Å². The van der Waals surface area contributed by atoms with Gasteiger partial charge >= 0.3 is 0 Å². The van der Waals surface area contributed by atoms with Crippen LogP contribution in [0.4, 0.5) is 0 Å². The molecule has 0 bridgehead atoms. The number of amides is 1. The minimum atomic E-state index is -0.292. The second-order valence-corrected chi connectivity index (χ2v) is 6.50. The second kappa shape index (κ2) is 7.69. The molecule has 20 heavy (non-hydrogen) atoms. The normalized spacial score (nSPS) is 18.1. The predicted molar refractivity (Wildman–Crippen MR) is 82.9 cm³/mol. The van der Waals surface area contributed by atoms with E-state index in [0.717, 1.165) is 22.4 Å². The molecule has 108 valence electrons. The fourth-order valence-corrected chi connectivity index (χ4v) is 3.04. The highest BCUT2D eigenvalue weighted by atomic mass is 79.9. The van der Waals surface area contributed by atoms with Gasteiger partial charge in [-0.1, -0.05) is 27.7 Å². The smallest absolute Gasteiger partial charge is 0.220 e. The lowest BCUT2D eigenvalue weighted by Gasteiger charge is -2.10. The van der Waals surface area contributed by atoms with Crippen LogP contribution in [0.5, 0.6) is 5.75 Å². The van der Waals surface area contributed by atoms with Gasteiger partial charge < -0.3 is 10.1 Å². The van der Waals surface area contributed by atoms with Gasteiger partial charge in [0.25, 0.3) is 0 Å². The summed E-state index contributed by atoms with van der Waals surface area (Å²) in [5.74, 6) is 1.51. The zero-order valence-electron chi connectivity index (χ0n) is 10.9. The van der Waals surface area contributed by atoms with E-state index in [-0.39, 0.29) is 17.1 Å². The van der Waals surface area contributed by atoms with Crippen LogP contribution < -0.4 is 10.1 Å². The van der Waals surface area contributed by atoms with Gasteiger partial charge in [0.2, 0.25) is 11.0 Å². The molecule has 1 unspecified atom stereocenters. The topological polar surface area (TPSA) is 55.4 Å². The van der Waals surface area contributed by atoms with Gasteiger partial charge in [-0.15, -0.1) is 0 Å². The molecule has 1 aliphatic rings. The minimum absolute atomic E-state index is 0.0736. The number of nitrogens with one attached hydrogen (secondary N) is 1. The molecule has 1 aliphatic heterocycles. The molecule has 1 atom stereocenters. The molecule has 1 amide bonds. The standard InChI is InChI=1S/C14H16BrNO3S/c15-10-3-5-11(6-4-10)19-8-1-2-13(17)16-12-7-9-20-14(12)18/h3-6,12H,1-2,7-9H2,(H,16,17). The van der Waals surface area contributed by atoms with Crippen molar-refractivity contribution in [2.24, 2.45) is 0 Å². The van der Waals surface area contributed by atoms with E-state index < -0.39 is 0 Å². The number of halogens is 1. The van der Waals surface area contributed by atoms with Crippen molar-refractivity contribution < 1.29 is 14.3 Å². The summed E-state index contributed by atoms with van der Waals surface area (Å²) in [6.07, 6.45) is 1.76. The summed E-state index contributed by atoms with van der Waals surface area (Å²) in [6, 6.07) is 7.27. The van der Waals surface area contributed by atoms with Crippen molar-refractivity contribution in [2.75, 3.05) is 12.4 Å². The van der Waals surface area contributed by atoms with Gasteiger partial charge in [0, 0.05) is 16.6 Å². The number of hydrogen-bond acceptors (Lipinski definition) is 4. The number of thioether (sulfide) groups is 1. The molecule has 4 nitrogen and oxygen atoms in total. The lowest BCUT2D eigenvalue weighted by atomic mass is 10.2. The first-order chi connectivity index (χ1) is 9.65. The van der Waals surface area contributed by atoms with Crippen LogP contribution in [0, 0.1) is 0 Å². The number of hydrogen-bond donors (Lipinski definition) is 1. The van der Waals surface area contributed by atoms with Crippen molar-refractivity contribution in [1.82, 2.24) is 5.32 Å². The average Bonchev–Trinajstić information content (AvgIpc) is 2.82. The van der Waals surface area contributed by atoms with Crippen molar-refractivity contribution in [3.05, 3.63) is 28.7 Å². The Hall–Kier alpha value is -1.01. The molecule has 6 heteroatoms. The highest BCUT2D eigenvalue weighted by Gasteiger charge is 2.26. The molecule has 1 aromatic rings. The Morgan fingerprint density at radius 3 is 2.80 bits per heavy atom. The van der Waals surface area contributed by atoms with Crippen LogP contribution in [-0.4, -0.2) is 29.4 Å². The number of rotatable bonds is 6. The van der Waals surface area contributed by atoms with E-state index >= 15 is 0 Å². The summed E-state index contributed by atoms with van der Waals surface area (Å²) in [6.45, 7) is 0.489. The van der Waals surface area contributed by atoms with Crippen LogP contribution in [-0.2, 0) is 9.59 Å². The third kappa shape index (κ3) is 4.83. The number of ether oxygens (including phenoxy) is 1. The highest BCUT2D eigenvalue weighted by molar-refractivity contribution is 9.10. The lowest BCUT2D eigenvalue weighted by Crippen LogP contribution is -2.37. The Bertz CT molecular complexity index is 478. The molecular formula is C14H16BrNO3S. The first-order valence-corrected chi connectivity index (χ1v) is 8.27. The number of benzene rings is 1. The Kier molecular flexibility index (Phi) is 5.91. The van der Waals surface area contributed by atoms with Gasteiger partial charge in [-0.2, -0.15) is 0 Å². The first-order valence-electron chi connectivity index (χ1n) is 6.49. The van der Waals surface area contributed by atoms with Gasteiger partial charge in [-0.3, -0.25) is 9.59 Å². The number of carbonyl (C=O) groups excluding carboxylic acids is 2. The van der Waals surface area contributed by atoms with Crippen molar-refractivity contribution >= 4 is 38.7 Å². The maximum atomic E-state index is 11.7. The second-order valence-electron chi connectivity index (χ2n) is 4.48. The monoisotopic (exact) mass is 357 g/mol. The summed E-state index contributed by atoms with van der Waals surface area (Å²) < 4.78 is 6.53. The van der Waals surface area contributed by atoms with Crippen molar-refractivity contribution in [2.45, 2.75) is 25.3 Å². The average molecular weight is 358 g/mol. The Morgan fingerprint density at radius 2 is 2.15 bits per heavy atom. The van der Waals surface area contributed by atoms with Crippen molar-refractivity contribution in [3.63, 3.8) is 0 Å². The molecule has 0 saturated carbocycles. The van der Waals surface area contributed by atoms with Gasteiger partial charge in [0.1, 0.15) is 5.75 Å². The van der Waals surface area contributed by atoms with E-state index in [1.54, 1.807) is 0 Å². The van der Waals surface area contributed by atoms with Gasteiger partial charge in [-0.05, 0) is 37.1 Å². The minimum Gasteiger partial charge on any atom is -0.494 e. The van der Waals surface area contributed by atoms with E-state index in [0.29, 0.717) is 19.4 Å². The van der Waals surface area contributed by atoms with Crippen LogP contribution in [0.3, 0.4) is 0 Å². The fraction of sp³-hybridized carbons (Fsp3) is 0.429. The fourth-order valence-electron chi connectivity index (χ4n) is 1.85. The largest absolute Gasteiger partial charge is 0.494 e. The van der Waals surface area contributed by atoms with E-state index in [9.17, 15) is 9.59 Å². The van der Waals surface area contributed by atoms with Gasteiger partial charge in [-0.25, -0.2) is 0 Å². The molecule has 1 N–H and O–H groups in total. The quantitative estimate of drug-likeness (QED) is 0.795. The maximum absolute atomic E-state index is 11.7. The van der Waals surface area contributed by atoms with Crippen LogP contribution in [0.15, 0.2) is 28.7 Å². The summed E-state index contributed by atoms with van der Waals surface area (Å²) in [5.41, 5.74) is 0. The van der Waals surface area contributed by atoms with Crippen LogP contribution in [0.2, 0.25) is 0 Å². The predicted octanol–water partition coefficient (Wildman–Crippen LogP) is 2.76. The molecule has 0 aliphatic carbocycles. The molecule has 1 fully saturated rings. The summed E-state index contributed by atoms with van der Waals surface area (Å²) in [5, 5.41) is 2.84. The molecule has 1 saturated heterocycles. The Balaban J connectivity index is 1.62. The van der Waals surface area contributed by atoms with Gasteiger partial charge in [0.15, 0.2) is 0 Å². The Labute approximate surface area is 130 Å². The van der Waals surface area contributed by atoms with E-state index in [1.807, 2.05) is 24.3 Å². The van der Waals surface area contributed by atoms with Crippen molar-refractivity contribution in [3.8, 4) is 5.75 Å². The molecule has 0 aromatic heterocycles. The summed E-state index contributed by atoms with van der Waals surface area (Å²) >= 11 is 4.65. The molecule has 1 heterocycles. The van der Waals surface area contributed by atoms with E-state index in [1.165, 1.54) is 11.8 Å². The van der Waals surface area contributed by atoms with Gasteiger partial charge in [0.05, 0.1) is 12.6 Å². The highest BCUT2D eigenvalue weighted by Crippen LogP contribution is 2.19. The number of carbonyl (C=O) groups is 2. The van der Waals surface area contributed by atoms with Crippen LogP contribution in [0.1, 0.15) is 19.3 Å².